The highest BCUT2D eigenvalue weighted by Gasteiger charge is 1.90. The van der Waals surface area contributed by atoms with Gasteiger partial charge in [-0.2, -0.15) is 10.5 Å². The third kappa shape index (κ3) is 10.9. The molecule has 0 rings (SSSR count). The molecule has 0 aromatic carbocycles. The summed E-state index contributed by atoms with van der Waals surface area (Å²) in [6, 6.07) is 4.25. The zero-order valence-electron chi connectivity index (χ0n) is 8.76. The summed E-state index contributed by atoms with van der Waals surface area (Å²) < 4.78 is 0. The van der Waals surface area contributed by atoms with Crippen molar-refractivity contribution in [3.05, 3.63) is 0 Å². The highest BCUT2D eigenvalue weighted by Crippen LogP contribution is 2.03. The molecule has 0 aliphatic rings. The maximum Gasteiger partial charge on any atom is 0.0635 e. The Labute approximate surface area is 86.7 Å². The smallest absolute Gasteiger partial charge is 0.0635 e. The highest BCUT2D eigenvalue weighted by molar-refractivity contribution is 4.70. The van der Waals surface area contributed by atoms with E-state index in [2.05, 4.69) is 17.5 Å². The molecule has 0 saturated heterocycles. The van der Waals surface area contributed by atoms with Gasteiger partial charge in [-0.1, -0.05) is 19.3 Å². The van der Waals surface area contributed by atoms with Crippen LogP contribution >= 0.6 is 0 Å². The monoisotopic (exact) mass is 193 g/mol. The predicted molar refractivity (Wildman–Crippen MR) is 56.4 cm³/mol. The summed E-state index contributed by atoms with van der Waals surface area (Å²) in [6.07, 6.45) is 7.14. The second-order valence-corrected chi connectivity index (χ2v) is 3.33. The van der Waals surface area contributed by atoms with Gasteiger partial charge in [-0.3, -0.25) is 0 Å². The van der Waals surface area contributed by atoms with E-state index in [1.165, 1.54) is 25.7 Å². The van der Waals surface area contributed by atoms with Crippen molar-refractivity contribution in [2.75, 3.05) is 13.1 Å². The summed E-state index contributed by atoms with van der Waals surface area (Å²) in [6.45, 7) is 1.82. The van der Waals surface area contributed by atoms with Crippen LogP contribution in [0.25, 0.3) is 0 Å². The lowest BCUT2D eigenvalue weighted by Crippen LogP contribution is -2.15. The Kier molecular flexibility index (Phi) is 11.0. The van der Waals surface area contributed by atoms with Crippen molar-refractivity contribution >= 4 is 0 Å². The highest BCUT2D eigenvalue weighted by atomic mass is 14.8. The van der Waals surface area contributed by atoms with Crippen LogP contribution in [0.5, 0.6) is 0 Å². The SMILES string of the molecule is N#CCCCCCCCNCCC#N. The standard InChI is InChI=1S/C11H19N3/c12-8-5-3-1-2-4-6-10-14-11-7-9-13/h14H,1-7,10-11H2. The fraction of sp³-hybridized carbons (Fsp3) is 0.818. The van der Waals surface area contributed by atoms with Crippen molar-refractivity contribution in [2.45, 2.75) is 44.9 Å². The van der Waals surface area contributed by atoms with E-state index in [0.717, 1.165) is 19.5 Å². The van der Waals surface area contributed by atoms with Gasteiger partial charge in [0.1, 0.15) is 0 Å². The third-order valence-electron chi connectivity index (χ3n) is 2.06. The van der Waals surface area contributed by atoms with Crippen molar-refractivity contribution < 1.29 is 0 Å². The first-order valence-electron chi connectivity index (χ1n) is 5.36. The number of nitriles is 2. The maximum absolute atomic E-state index is 8.30. The Balaban J connectivity index is 2.86. The number of rotatable bonds is 9. The first-order valence-corrected chi connectivity index (χ1v) is 5.36. The van der Waals surface area contributed by atoms with E-state index in [0.29, 0.717) is 12.8 Å². The van der Waals surface area contributed by atoms with E-state index in [1.54, 1.807) is 0 Å². The molecule has 0 spiro atoms. The second kappa shape index (κ2) is 11.9. The Hall–Kier alpha value is -1.06. The van der Waals surface area contributed by atoms with Crippen LogP contribution in [0.3, 0.4) is 0 Å². The average Bonchev–Trinajstić information content (AvgIpc) is 2.21. The molecule has 0 aromatic heterocycles. The minimum atomic E-state index is 0.599. The van der Waals surface area contributed by atoms with Crippen LogP contribution in [0.15, 0.2) is 0 Å². The lowest BCUT2D eigenvalue weighted by atomic mass is 10.1. The van der Waals surface area contributed by atoms with Gasteiger partial charge in [0.25, 0.3) is 0 Å². The van der Waals surface area contributed by atoms with Crippen LogP contribution in [-0.2, 0) is 0 Å². The zero-order valence-corrected chi connectivity index (χ0v) is 8.76. The van der Waals surface area contributed by atoms with E-state index in [1.807, 2.05) is 0 Å². The lowest BCUT2D eigenvalue weighted by molar-refractivity contribution is 0.581. The third-order valence-corrected chi connectivity index (χ3v) is 2.06. The molecule has 0 unspecified atom stereocenters. The number of hydrogen-bond acceptors (Lipinski definition) is 3. The fourth-order valence-corrected chi connectivity index (χ4v) is 1.25. The van der Waals surface area contributed by atoms with E-state index in [4.69, 9.17) is 10.5 Å². The van der Waals surface area contributed by atoms with Crippen LogP contribution in [-0.4, -0.2) is 13.1 Å². The van der Waals surface area contributed by atoms with Crippen LogP contribution in [0.2, 0.25) is 0 Å². The van der Waals surface area contributed by atoms with Gasteiger partial charge < -0.3 is 5.32 Å². The Bertz CT molecular complexity index is 166. The molecule has 0 radical (unpaired) electrons. The van der Waals surface area contributed by atoms with Gasteiger partial charge in [0.2, 0.25) is 0 Å². The minimum Gasteiger partial charge on any atom is -0.316 e. The lowest BCUT2D eigenvalue weighted by Gasteiger charge is -2.01. The molecule has 0 aliphatic heterocycles. The second-order valence-electron chi connectivity index (χ2n) is 3.33. The molecule has 0 atom stereocenters. The predicted octanol–water partition coefficient (Wildman–Crippen LogP) is 2.35. The fourth-order valence-electron chi connectivity index (χ4n) is 1.25. The van der Waals surface area contributed by atoms with Crippen molar-refractivity contribution in [3.63, 3.8) is 0 Å². The van der Waals surface area contributed by atoms with Gasteiger partial charge in [0.15, 0.2) is 0 Å². The summed E-state index contributed by atoms with van der Waals surface area (Å²) in [5, 5.41) is 19.8. The molecule has 0 aromatic rings. The summed E-state index contributed by atoms with van der Waals surface area (Å²) in [5.74, 6) is 0. The van der Waals surface area contributed by atoms with Gasteiger partial charge >= 0.3 is 0 Å². The largest absolute Gasteiger partial charge is 0.316 e. The Morgan fingerprint density at radius 1 is 0.714 bits per heavy atom. The van der Waals surface area contributed by atoms with Crippen LogP contribution < -0.4 is 5.32 Å². The number of hydrogen-bond donors (Lipinski definition) is 1. The van der Waals surface area contributed by atoms with E-state index in [9.17, 15) is 0 Å². The van der Waals surface area contributed by atoms with E-state index >= 15 is 0 Å². The van der Waals surface area contributed by atoms with E-state index in [-0.39, 0.29) is 0 Å². The molecule has 0 amide bonds. The molecule has 14 heavy (non-hydrogen) atoms. The van der Waals surface area contributed by atoms with Crippen LogP contribution in [0.4, 0.5) is 0 Å². The molecule has 0 aliphatic carbocycles. The Morgan fingerprint density at radius 2 is 1.36 bits per heavy atom. The van der Waals surface area contributed by atoms with Gasteiger partial charge in [0.05, 0.1) is 12.1 Å². The summed E-state index contributed by atoms with van der Waals surface area (Å²) in [5.41, 5.74) is 0. The average molecular weight is 193 g/mol. The molecule has 0 fully saturated rings. The van der Waals surface area contributed by atoms with Crippen molar-refractivity contribution in [3.8, 4) is 12.1 Å². The first-order chi connectivity index (χ1) is 6.91. The molecule has 1 N–H and O–H groups in total. The first kappa shape index (κ1) is 12.9. The Morgan fingerprint density at radius 3 is 2.07 bits per heavy atom. The number of unbranched alkanes of at least 4 members (excludes halogenated alkanes) is 5. The quantitative estimate of drug-likeness (QED) is 0.572. The normalized spacial score (nSPS) is 9.29. The maximum atomic E-state index is 8.30. The van der Waals surface area contributed by atoms with Crippen molar-refractivity contribution in [1.82, 2.24) is 5.32 Å². The minimum absolute atomic E-state index is 0.599. The molecule has 0 saturated carbocycles. The van der Waals surface area contributed by atoms with E-state index < -0.39 is 0 Å². The summed E-state index contributed by atoms with van der Waals surface area (Å²) >= 11 is 0. The molecule has 3 heteroatoms. The molecule has 0 bridgehead atoms. The number of nitrogens with zero attached hydrogens (tertiary/aromatic N) is 2. The van der Waals surface area contributed by atoms with Gasteiger partial charge in [-0.05, 0) is 19.4 Å². The van der Waals surface area contributed by atoms with Crippen LogP contribution in [0.1, 0.15) is 44.9 Å². The molecule has 78 valence electrons. The van der Waals surface area contributed by atoms with Gasteiger partial charge in [-0.15, -0.1) is 0 Å². The van der Waals surface area contributed by atoms with Crippen molar-refractivity contribution in [1.29, 1.82) is 10.5 Å². The molecular weight excluding hydrogens is 174 g/mol. The van der Waals surface area contributed by atoms with Crippen molar-refractivity contribution in [2.24, 2.45) is 0 Å². The molecular formula is C11H19N3. The van der Waals surface area contributed by atoms with Crippen LogP contribution in [0, 0.1) is 22.7 Å². The molecule has 0 heterocycles. The summed E-state index contributed by atoms with van der Waals surface area (Å²) in [4.78, 5) is 0. The molecule has 3 nitrogen and oxygen atoms in total. The zero-order chi connectivity index (χ0) is 10.5. The van der Waals surface area contributed by atoms with Gasteiger partial charge in [-0.25, -0.2) is 0 Å². The summed E-state index contributed by atoms with van der Waals surface area (Å²) in [7, 11) is 0. The van der Waals surface area contributed by atoms with Gasteiger partial charge in [0, 0.05) is 19.4 Å². The topological polar surface area (TPSA) is 59.6 Å². The number of nitrogens with one attached hydrogen (secondary N) is 1.